The number of piperidine rings is 2. The van der Waals surface area contributed by atoms with Crippen LogP contribution in [-0.2, 0) is 7.05 Å². The topological polar surface area (TPSA) is 69.5 Å². The predicted octanol–water partition coefficient (Wildman–Crippen LogP) is 4.92. The molecule has 1 aromatic carbocycles. The number of likely N-dealkylation sites (tertiary alicyclic amines) is 2. The summed E-state index contributed by atoms with van der Waals surface area (Å²) in [5.41, 5.74) is 5.83. The van der Waals surface area contributed by atoms with Crippen molar-refractivity contribution in [3.63, 3.8) is 0 Å². The van der Waals surface area contributed by atoms with Gasteiger partial charge in [0, 0.05) is 66.6 Å². The molecule has 5 heterocycles. The molecule has 0 bridgehead atoms. The monoisotopic (exact) mass is 553 g/mol. The van der Waals surface area contributed by atoms with Crippen molar-refractivity contribution >= 4 is 33.4 Å². The second-order valence-electron chi connectivity index (χ2n) is 12.0. The third-order valence-electron chi connectivity index (χ3n) is 9.04. The lowest BCUT2D eigenvalue weighted by atomic mass is 10.1. The molecule has 0 aliphatic carbocycles. The van der Waals surface area contributed by atoms with Crippen LogP contribution < -0.4 is 10.2 Å². The van der Waals surface area contributed by atoms with Crippen LogP contribution >= 0.6 is 0 Å². The minimum absolute atomic E-state index is 0.00426. The van der Waals surface area contributed by atoms with Crippen LogP contribution in [0.25, 0.3) is 33.1 Å². The van der Waals surface area contributed by atoms with Gasteiger partial charge in [-0.25, -0.2) is 4.98 Å². The fourth-order valence-corrected chi connectivity index (χ4v) is 6.49. The first-order chi connectivity index (χ1) is 20.0. The lowest BCUT2D eigenvalue weighted by Gasteiger charge is -2.29. The van der Waals surface area contributed by atoms with Gasteiger partial charge in [-0.05, 0) is 102 Å². The van der Waals surface area contributed by atoms with Crippen LogP contribution in [0.1, 0.15) is 49.0 Å². The summed E-state index contributed by atoms with van der Waals surface area (Å²) < 4.78 is 2.00. The van der Waals surface area contributed by atoms with Gasteiger partial charge in [-0.3, -0.25) is 9.78 Å². The van der Waals surface area contributed by atoms with Crippen molar-refractivity contribution in [3.05, 3.63) is 54.5 Å². The van der Waals surface area contributed by atoms with Crippen LogP contribution in [-0.4, -0.2) is 89.6 Å². The van der Waals surface area contributed by atoms with E-state index in [1.54, 1.807) is 0 Å². The molecule has 216 valence electrons. The molecule has 0 atom stereocenters. The van der Waals surface area contributed by atoms with E-state index in [2.05, 4.69) is 63.4 Å². The first kappa shape index (κ1) is 27.7. The van der Waals surface area contributed by atoms with Crippen molar-refractivity contribution in [2.45, 2.75) is 44.6 Å². The number of aryl methyl sites for hydroxylation is 1. The zero-order chi connectivity index (χ0) is 28.3. The molecule has 6 rings (SSSR count). The number of fused-ring (bicyclic) bond motifs is 2. The molecule has 1 N–H and O–H groups in total. The fourth-order valence-electron chi connectivity index (χ4n) is 6.49. The number of anilines is 1. The minimum Gasteiger partial charge on any atom is -0.374 e. The first-order valence-electron chi connectivity index (χ1n) is 15.2. The van der Waals surface area contributed by atoms with Gasteiger partial charge in [-0.2, -0.15) is 0 Å². The van der Waals surface area contributed by atoms with Gasteiger partial charge >= 0.3 is 0 Å². The number of carbonyl (C=O) groups excluding carboxylic acids is 1. The fraction of sp³-hybridized carbons (Fsp3) is 0.485. The van der Waals surface area contributed by atoms with E-state index in [4.69, 9.17) is 4.98 Å². The molecule has 4 aromatic rings. The third kappa shape index (κ3) is 6.09. The van der Waals surface area contributed by atoms with E-state index >= 15 is 0 Å². The lowest BCUT2D eigenvalue weighted by molar-refractivity contribution is 0.0909. The van der Waals surface area contributed by atoms with Crippen molar-refractivity contribution in [3.8, 4) is 11.3 Å². The van der Waals surface area contributed by atoms with E-state index in [1.165, 1.54) is 32.4 Å². The van der Waals surface area contributed by atoms with Crippen molar-refractivity contribution < 1.29 is 4.79 Å². The molecule has 1 amide bonds. The Balaban J connectivity index is 1.24. The maximum atomic E-state index is 13.2. The SMILES string of the molecule is CN1CCC(NC(=O)c2cc3cc(-c4cc(N(C)CCCN5CCCCC5)c5cnccc5n4)ccc3n2C)CC1. The number of hydrogen-bond acceptors (Lipinski definition) is 6. The zero-order valence-corrected chi connectivity index (χ0v) is 24.8. The molecule has 8 heteroatoms. The first-order valence-corrected chi connectivity index (χ1v) is 15.2. The Kier molecular flexibility index (Phi) is 8.21. The molecule has 0 spiro atoms. The maximum absolute atomic E-state index is 13.2. The van der Waals surface area contributed by atoms with Crippen LogP contribution in [0.4, 0.5) is 5.69 Å². The van der Waals surface area contributed by atoms with Gasteiger partial charge in [0.15, 0.2) is 0 Å². The normalized spacial score (nSPS) is 17.3. The number of benzene rings is 1. The number of rotatable bonds is 8. The molecule has 2 saturated heterocycles. The Hall–Kier alpha value is -3.49. The highest BCUT2D eigenvalue weighted by atomic mass is 16.2. The standard InChI is InChI=1S/C33H43N7O/c1-37-18-11-26(12-19-37)35-33(41)32-21-25-20-24(8-9-30(25)39(32)3)29-22-31(27-23-34-13-10-28(27)36-29)38(2)14-7-17-40-15-5-4-6-16-40/h8-10,13,20-23,26H,4-7,11-12,14-19H2,1-3H3,(H,35,41). The molecule has 3 aromatic heterocycles. The summed E-state index contributed by atoms with van der Waals surface area (Å²) >= 11 is 0. The molecule has 2 fully saturated rings. The molecule has 0 saturated carbocycles. The average molecular weight is 554 g/mol. The number of nitrogens with one attached hydrogen (secondary N) is 1. The van der Waals surface area contributed by atoms with E-state index in [9.17, 15) is 4.79 Å². The van der Waals surface area contributed by atoms with Gasteiger partial charge in [-0.15, -0.1) is 0 Å². The number of nitrogens with zero attached hydrogens (tertiary/aromatic N) is 6. The van der Waals surface area contributed by atoms with Crippen LogP contribution in [0.15, 0.2) is 48.8 Å². The average Bonchev–Trinajstić information content (AvgIpc) is 3.34. The summed E-state index contributed by atoms with van der Waals surface area (Å²) in [5.74, 6) is 0.00426. The van der Waals surface area contributed by atoms with Gasteiger partial charge in [0.05, 0.1) is 11.2 Å². The molecule has 8 nitrogen and oxygen atoms in total. The van der Waals surface area contributed by atoms with E-state index < -0.39 is 0 Å². The molecular formula is C33H43N7O. The maximum Gasteiger partial charge on any atom is 0.268 e. The molecule has 2 aliphatic heterocycles. The number of carbonyl (C=O) groups is 1. The Bertz CT molecular complexity index is 1520. The van der Waals surface area contributed by atoms with Crippen molar-refractivity contribution in [2.75, 3.05) is 58.3 Å². The van der Waals surface area contributed by atoms with Crippen LogP contribution in [0.5, 0.6) is 0 Å². The van der Waals surface area contributed by atoms with Crippen LogP contribution in [0, 0.1) is 0 Å². The summed E-state index contributed by atoms with van der Waals surface area (Å²) in [7, 11) is 6.29. The number of hydrogen-bond donors (Lipinski definition) is 1. The van der Waals surface area contributed by atoms with E-state index in [-0.39, 0.29) is 11.9 Å². The number of pyridine rings is 2. The second kappa shape index (κ2) is 12.2. The van der Waals surface area contributed by atoms with Crippen molar-refractivity contribution in [1.29, 1.82) is 0 Å². The van der Waals surface area contributed by atoms with Crippen molar-refractivity contribution in [2.24, 2.45) is 7.05 Å². The minimum atomic E-state index is 0.00426. The number of amides is 1. The van der Waals surface area contributed by atoms with Gasteiger partial charge in [-0.1, -0.05) is 12.5 Å². The largest absolute Gasteiger partial charge is 0.374 e. The highest BCUT2D eigenvalue weighted by Crippen LogP contribution is 2.32. The Labute approximate surface area is 243 Å². The lowest BCUT2D eigenvalue weighted by Crippen LogP contribution is -2.43. The highest BCUT2D eigenvalue weighted by molar-refractivity contribution is 6.00. The molecule has 0 radical (unpaired) electrons. The molecule has 41 heavy (non-hydrogen) atoms. The van der Waals surface area contributed by atoms with Crippen LogP contribution in [0.2, 0.25) is 0 Å². The summed E-state index contributed by atoms with van der Waals surface area (Å²) in [4.78, 5) is 29.9. The zero-order valence-electron chi connectivity index (χ0n) is 24.8. The third-order valence-corrected chi connectivity index (χ3v) is 9.04. The molecule has 0 unspecified atom stereocenters. The Morgan fingerprint density at radius 3 is 2.63 bits per heavy atom. The molecule has 2 aliphatic rings. The van der Waals surface area contributed by atoms with E-state index in [0.29, 0.717) is 5.69 Å². The van der Waals surface area contributed by atoms with Gasteiger partial charge in [0.1, 0.15) is 5.69 Å². The summed E-state index contributed by atoms with van der Waals surface area (Å²) in [6, 6.07) is 12.8. The van der Waals surface area contributed by atoms with Crippen molar-refractivity contribution in [1.82, 2.24) is 29.7 Å². The van der Waals surface area contributed by atoms with Crippen LogP contribution in [0.3, 0.4) is 0 Å². The van der Waals surface area contributed by atoms with Gasteiger partial charge in [0.2, 0.25) is 0 Å². The van der Waals surface area contributed by atoms with E-state index in [0.717, 1.165) is 84.2 Å². The summed E-state index contributed by atoms with van der Waals surface area (Å²) in [6.45, 7) is 6.65. The smallest absolute Gasteiger partial charge is 0.268 e. The predicted molar refractivity (Wildman–Crippen MR) is 168 cm³/mol. The Morgan fingerprint density at radius 1 is 1.02 bits per heavy atom. The van der Waals surface area contributed by atoms with Gasteiger partial charge in [0.25, 0.3) is 5.91 Å². The van der Waals surface area contributed by atoms with Gasteiger partial charge < -0.3 is 24.6 Å². The summed E-state index contributed by atoms with van der Waals surface area (Å²) in [5, 5.41) is 5.39. The highest BCUT2D eigenvalue weighted by Gasteiger charge is 2.22. The van der Waals surface area contributed by atoms with E-state index in [1.807, 2.05) is 36.1 Å². The summed E-state index contributed by atoms with van der Waals surface area (Å²) in [6.07, 6.45) is 10.9. The molecular weight excluding hydrogens is 510 g/mol. The number of aromatic nitrogens is 3. The second-order valence-corrected chi connectivity index (χ2v) is 12.0. The Morgan fingerprint density at radius 2 is 1.83 bits per heavy atom. The quantitative estimate of drug-likeness (QED) is 0.334.